The number of fused-ring (bicyclic) bond motifs is 1. The summed E-state index contributed by atoms with van der Waals surface area (Å²) in [5, 5.41) is 0. The SMILES string of the molecule is CC1CCC(N)C(CC2CCOc3ccccc32)C1. The monoisotopic (exact) mass is 259 g/mol. The van der Waals surface area contributed by atoms with E-state index in [2.05, 4.69) is 31.2 Å². The molecule has 4 unspecified atom stereocenters. The van der Waals surface area contributed by atoms with E-state index >= 15 is 0 Å². The Morgan fingerprint density at radius 2 is 2.05 bits per heavy atom. The Balaban J connectivity index is 1.73. The molecule has 1 aliphatic heterocycles. The van der Waals surface area contributed by atoms with Crippen molar-refractivity contribution < 1.29 is 4.74 Å². The molecule has 0 bridgehead atoms. The molecule has 1 aromatic carbocycles. The molecule has 1 aliphatic carbocycles. The van der Waals surface area contributed by atoms with E-state index in [4.69, 9.17) is 10.5 Å². The second-order valence-corrected chi connectivity index (χ2v) is 6.45. The van der Waals surface area contributed by atoms with Crippen LogP contribution in [0.3, 0.4) is 0 Å². The first-order valence-corrected chi connectivity index (χ1v) is 7.71. The lowest BCUT2D eigenvalue weighted by Crippen LogP contribution is -2.36. The van der Waals surface area contributed by atoms with Crippen LogP contribution in [-0.2, 0) is 0 Å². The fourth-order valence-corrected chi connectivity index (χ4v) is 3.82. The number of nitrogens with two attached hydrogens (primary N) is 1. The standard InChI is InChI=1S/C17H25NO/c1-12-6-7-16(18)14(10-12)11-13-8-9-19-17-5-3-2-4-15(13)17/h2-5,12-14,16H,6-11,18H2,1H3. The lowest BCUT2D eigenvalue weighted by Gasteiger charge is -2.36. The number of rotatable bonds is 2. The highest BCUT2D eigenvalue weighted by atomic mass is 16.5. The Morgan fingerprint density at radius 1 is 1.21 bits per heavy atom. The molecule has 3 rings (SSSR count). The van der Waals surface area contributed by atoms with Crippen LogP contribution in [0.15, 0.2) is 24.3 Å². The van der Waals surface area contributed by atoms with Gasteiger partial charge in [0.15, 0.2) is 0 Å². The Labute approximate surface area is 116 Å². The molecule has 104 valence electrons. The minimum Gasteiger partial charge on any atom is -0.493 e. The van der Waals surface area contributed by atoms with Gasteiger partial charge in [0.1, 0.15) is 5.75 Å². The zero-order chi connectivity index (χ0) is 13.2. The van der Waals surface area contributed by atoms with Gasteiger partial charge in [-0.2, -0.15) is 0 Å². The Morgan fingerprint density at radius 3 is 2.95 bits per heavy atom. The molecule has 0 spiro atoms. The van der Waals surface area contributed by atoms with Gasteiger partial charge in [-0.3, -0.25) is 0 Å². The molecule has 19 heavy (non-hydrogen) atoms. The van der Waals surface area contributed by atoms with Gasteiger partial charge < -0.3 is 10.5 Å². The fourth-order valence-electron chi connectivity index (χ4n) is 3.82. The first-order valence-electron chi connectivity index (χ1n) is 7.71. The molecule has 2 heteroatoms. The summed E-state index contributed by atoms with van der Waals surface area (Å²) in [5.41, 5.74) is 7.75. The molecule has 0 saturated heterocycles. The van der Waals surface area contributed by atoms with Crippen molar-refractivity contribution in [2.75, 3.05) is 6.61 Å². The topological polar surface area (TPSA) is 35.2 Å². The number of ether oxygens (including phenoxy) is 1. The van der Waals surface area contributed by atoms with Gasteiger partial charge in [0.2, 0.25) is 0 Å². The molecule has 4 atom stereocenters. The number of hydrogen-bond acceptors (Lipinski definition) is 2. The van der Waals surface area contributed by atoms with Crippen LogP contribution in [0.4, 0.5) is 0 Å². The maximum absolute atomic E-state index is 6.35. The van der Waals surface area contributed by atoms with E-state index in [0.29, 0.717) is 17.9 Å². The number of hydrogen-bond donors (Lipinski definition) is 1. The van der Waals surface area contributed by atoms with Crippen LogP contribution in [-0.4, -0.2) is 12.6 Å². The summed E-state index contributed by atoms with van der Waals surface area (Å²) in [7, 11) is 0. The van der Waals surface area contributed by atoms with Crippen LogP contribution in [0.25, 0.3) is 0 Å². The lowest BCUT2D eigenvalue weighted by atomic mass is 9.73. The molecule has 2 aliphatic rings. The summed E-state index contributed by atoms with van der Waals surface area (Å²) in [5.74, 6) is 3.28. The van der Waals surface area contributed by atoms with E-state index < -0.39 is 0 Å². The predicted molar refractivity (Wildman–Crippen MR) is 78.4 cm³/mol. The van der Waals surface area contributed by atoms with Crippen molar-refractivity contribution in [3.63, 3.8) is 0 Å². The van der Waals surface area contributed by atoms with Crippen molar-refractivity contribution in [2.45, 2.75) is 51.0 Å². The van der Waals surface area contributed by atoms with Crippen molar-refractivity contribution in [1.82, 2.24) is 0 Å². The van der Waals surface area contributed by atoms with Gasteiger partial charge in [-0.1, -0.05) is 25.1 Å². The van der Waals surface area contributed by atoms with E-state index in [1.807, 2.05) is 0 Å². The third kappa shape index (κ3) is 2.79. The van der Waals surface area contributed by atoms with Crippen LogP contribution in [0.5, 0.6) is 5.75 Å². The van der Waals surface area contributed by atoms with Gasteiger partial charge in [0.25, 0.3) is 0 Å². The minimum atomic E-state index is 0.409. The molecule has 1 aromatic rings. The maximum Gasteiger partial charge on any atom is 0.122 e. The van der Waals surface area contributed by atoms with Crippen molar-refractivity contribution in [2.24, 2.45) is 17.6 Å². The zero-order valence-electron chi connectivity index (χ0n) is 11.8. The van der Waals surface area contributed by atoms with Crippen LogP contribution < -0.4 is 10.5 Å². The van der Waals surface area contributed by atoms with Crippen LogP contribution in [0, 0.1) is 11.8 Å². The number of para-hydroxylation sites is 1. The van der Waals surface area contributed by atoms with Crippen molar-refractivity contribution >= 4 is 0 Å². The smallest absolute Gasteiger partial charge is 0.122 e. The first kappa shape index (κ1) is 13.0. The highest BCUT2D eigenvalue weighted by Crippen LogP contribution is 2.41. The summed E-state index contributed by atoms with van der Waals surface area (Å²) < 4.78 is 5.76. The van der Waals surface area contributed by atoms with Gasteiger partial charge in [0, 0.05) is 6.04 Å². The quantitative estimate of drug-likeness (QED) is 0.878. The van der Waals surface area contributed by atoms with Crippen molar-refractivity contribution in [1.29, 1.82) is 0 Å². The van der Waals surface area contributed by atoms with Crippen LogP contribution in [0.1, 0.15) is 50.5 Å². The maximum atomic E-state index is 6.35. The van der Waals surface area contributed by atoms with E-state index in [1.165, 1.54) is 31.2 Å². The van der Waals surface area contributed by atoms with Crippen LogP contribution in [0.2, 0.25) is 0 Å². The molecular formula is C17H25NO. The highest BCUT2D eigenvalue weighted by Gasteiger charge is 2.30. The van der Waals surface area contributed by atoms with Gasteiger partial charge in [-0.25, -0.2) is 0 Å². The summed E-state index contributed by atoms with van der Waals surface area (Å²) in [6, 6.07) is 8.94. The van der Waals surface area contributed by atoms with Gasteiger partial charge >= 0.3 is 0 Å². The van der Waals surface area contributed by atoms with Crippen molar-refractivity contribution in [3.05, 3.63) is 29.8 Å². The predicted octanol–water partition coefficient (Wildman–Crippen LogP) is 3.71. The van der Waals surface area contributed by atoms with E-state index in [0.717, 1.165) is 24.7 Å². The van der Waals surface area contributed by atoms with Gasteiger partial charge in [0.05, 0.1) is 6.61 Å². The van der Waals surface area contributed by atoms with Crippen LogP contribution >= 0.6 is 0 Å². The summed E-state index contributed by atoms with van der Waals surface area (Å²) >= 11 is 0. The Hall–Kier alpha value is -1.02. The molecule has 2 nitrogen and oxygen atoms in total. The summed E-state index contributed by atoms with van der Waals surface area (Å²) in [6.07, 6.45) is 6.21. The summed E-state index contributed by atoms with van der Waals surface area (Å²) in [6.45, 7) is 3.23. The van der Waals surface area contributed by atoms with E-state index in [9.17, 15) is 0 Å². The second kappa shape index (κ2) is 5.54. The molecule has 0 amide bonds. The largest absolute Gasteiger partial charge is 0.493 e. The van der Waals surface area contributed by atoms with Crippen molar-refractivity contribution in [3.8, 4) is 5.75 Å². The zero-order valence-corrected chi connectivity index (χ0v) is 11.8. The fraction of sp³-hybridized carbons (Fsp3) is 0.647. The number of benzene rings is 1. The molecule has 0 aromatic heterocycles. The average molecular weight is 259 g/mol. The molecular weight excluding hydrogens is 234 g/mol. The first-order chi connectivity index (χ1) is 9.24. The normalized spacial score (nSPS) is 34.4. The lowest BCUT2D eigenvalue weighted by molar-refractivity contribution is 0.198. The molecule has 1 saturated carbocycles. The Kier molecular flexibility index (Phi) is 3.79. The average Bonchev–Trinajstić information content (AvgIpc) is 2.43. The van der Waals surface area contributed by atoms with Gasteiger partial charge in [-0.15, -0.1) is 0 Å². The minimum absolute atomic E-state index is 0.409. The molecule has 1 fully saturated rings. The molecule has 0 radical (unpaired) electrons. The molecule has 1 heterocycles. The van der Waals surface area contributed by atoms with E-state index in [-0.39, 0.29) is 0 Å². The highest BCUT2D eigenvalue weighted by molar-refractivity contribution is 5.37. The van der Waals surface area contributed by atoms with Gasteiger partial charge in [-0.05, 0) is 61.5 Å². The van der Waals surface area contributed by atoms with E-state index in [1.54, 1.807) is 0 Å². The third-order valence-electron chi connectivity index (χ3n) is 4.97. The third-order valence-corrected chi connectivity index (χ3v) is 4.97. The second-order valence-electron chi connectivity index (χ2n) is 6.45. The summed E-state index contributed by atoms with van der Waals surface area (Å²) in [4.78, 5) is 0. The molecule has 2 N–H and O–H groups in total. The Bertz CT molecular complexity index is 431.